The zero-order chi connectivity index (χ0) is 14.0. The molecule has 2 fully saturated rings. The molecular weight excluding hydrogens is 288 g/mol. The fraction of sp³-hybridized carbons (Fsp3) is 0.812. The van der Waals surface area contributed by atoms with Crippen LogP contribution < -0.4 is 0 Å². The number of hydrogen-bond donors (Lipinski definition) is 0. The summed E-state index contributed by atoms with van der Waals surface area (Å²) < 4.78 is 0. The molecule has 1 saturated carbocycles. The quantitative estimate of drug-likeness (QED) is 0.731. The van der Waals surface area contributed by atoms with Gasteiger partial charge < -0.3 is 0 Å². The summed E-state index contributed by atoms with van der Waals surface area (Å²) in [6, 6.07) is 0.456. The number of halogens is 1. The van der Waals surface area contributed by atoms with E-state index in [2.05, 4.69) is 22.2 Å². The van der Waals surface area contributed by atoms with E-state index in [-0.39, 0.29) is 0 Å². The number of alkyl halides is 1. The molecule has 1 atom stereocenters. The molecule has 1 aliphatic heterocycles. The zero-order valence-electron chi connectivity index (χ0n) is 12.4. The van der Waals surface area contributed by atoms with Crippen LogP contribution in [0.3, 0.4) is 0 Å². The highest BCUT2D eigenvalue weighted by molar-refractivity contribution is 7.09. The van der Waals surface area contributed by atoms with Crippen molar-refractivity contribution in [3.05, 3.63) is 16.1 Å². The molecule has 1 aliphatic carbocycles. The molecule has 2 nitrogen and oxygen atoms in total. The smallest absolute Gasteiger partial charge is 0.110 e. The summed E-state index contributed by atoms with van der Waals surface area (Å²) >= 11 is 7.62. The van der Waals surface area contributed by atoms with Gasteiger partial charge in [0, 0.05) is 5.38 Å². The summed E-state index contributed by atoms with van der Waals surface area (Å²) in [5.41, 5.74) is 1.72. The van der Waals surface area contributed by atoms with E-state index in [0.29, 0.717) is 17.3 Å². The molecule has 2 heterocycles. The van der Waals surface area contributed by atoms with Crippen LogP contribution in [0, 0.1) is 5.41 Å². The summed E-state index contributed by atoms with van der Waals surface area (Å²) in [4.78, 5) is 7.27. The first-order valence-electron chi connectivity index (χ1n) is 7.97. The Hall–Kier alpha value is -0.120. The van der Waals surface area contributed by atoms with Gasteiger partial charge in [-0.1, -0.05) is 19.3 Å². The second kappa shape index (κ2) is 6.33. The molecule has 1 aromatic rings. The maximum atomic E-state index is 5.86. The number of rotatable bonds is 3. The van der Waals surface area contributed by atoms with Gasteiger partial charge in [0.15, 0.2) is 0 Å². The predicted octanol–water partition coefficient (Wildman–Crippen LogP) is 4.99. The van der Waals surface area contributed by atoms with E-state index >= 15 is 0 Å². The summed E-state index contributed by atoms with van der Waals surface area (Å²) in [6.45, 7) is 4.80. The lowest BCUT2D eigenvalue weighted by Crippen LogP contribution is -2.42. The van der Waals surface area contributed by atoms with Crippen molar-refractivity contribution in [1.29, 1.82) is 0 Å². The van der Waals surface area contributed by atoms with Crippen LogP contribution in [0.1, 0.15) is 68.6 Å². The Morgan fingerprint density at radius 2 is 1.95 bits per heavy atom. The Morgan fingerprint density at radius 3 is 2.55 bits per heavy atom. The van der Waals surface area contributed by atoms with Crippen molar-refractivity contribution in [3.63, 3.8) is 0 Å². The van der Waals surface area contributed by atoms with Crippen LogP contribution in [0.15, 0.2) is 5.38 Å². The number of hydrogen-bond acceptors (Lipinski definition) is 3. The average molecular weight is 313 g/mol. The van der Waals surface area contributed by atoms with Crippen molar-refractivity contribution in [1.82, 2.24) is 9.88 Å². The van der Waals surface area contributed by atoms with Gasteiger partial charge in [-0.3, -0.25) is 4.90 Å². The highest BCUT2D eigenvalue weighted by Crippen LogP contribution is 2.45. The monoisotopic (exact) mass is 312 g/mol. The van der Waals surface area contributed by atoms with Gasteiger partial charge >= 0.3 is 0 Å². The van der Waals surface area contributed by atoms with Crippen LogP contribution in [0.25, 0.3) is 0 Å². The van der Waals surface area contributed by atoms with E-state index in [0.717, 1.165) is 5.69 Å². The van der Waals surface area contributed by atoms with Crippen molar-refractivity contribution < 1.29 is 0 Å². The molecule has 2 aliphatic rings. The lowest BCUT2D eigenvalue weighted by molar-refractivity contribution is 0.0486. The fourth-order valence-corrected chi connectivity index (χ4v) is 5.06. The van der Waals surface area contributed by atoms with Crippen LogP contribution in [0.2, 0.25) is 0 Å². The van der Waals surface area contributed by atoms with E-state index < -0.39 is 0 Å². The topological polar surface area (TPSA) is 16.1 Å². The van der Waals surface area contributed by atoms with E-state index in [1.54, 1.807) is 11.3 Å². The summed E-state index contributed by atoms with van der Waals surface area (Å²) in [5.74, 6) is 0.534. The Balaban J connectivity index is 1.59. The van der Waals surface area contributed by atoms with Gasteiger partial charge in [0.2, 0.25) is 0 Å². The van der Waals surface area contributed by atoms with Crippen LogP contribution in [0.5, 0.6) is 0 Å². The van der Waals surface area contributed by atoms with Crippen LogP contribution in [0.4, 0.5) is 0 Å². The number of thiazole rings is 1. The molecule has 1 spiro atoms. The fourth-order valence-electron chi connectivity index (χ4n) is 3.92. The minimum Gasteiger partial charge on any atom is -0.294 e. The number of likely N-dealkylation sites (tertiary alicyclic amines) is 1. The largest absolute Gasteiger partial charge is 0.294 e. The third kappa shape index (κ3) is 3.05. The lowest BCUT2D eigenvalue weighted by atomic mass is 9.68. The minimum absolute atomic E-state index is 0.456. The van der Waals surface area contributed by atoms with Crippen LogP contribution >= 0.6 is 22.9 Å². The van der Waals surface area contributed by atoms with Gasteiger partial charge in [0.1, 0.15) is 5.01 Å². The zero-order valence-corrected chi connectivity index (χ0v) is 14.0. The van der Waals surface area contributed by atoms with E-state index in [4.69, 9.17) is 11.6 Å². The Labute approximate surface area is 131 Å². The minimum atomic E-state index is 0.456. The first-order valence-corrected chi connectivity index (χ1v) is 9.38. The van der Waals surface area contributed by atoms with E-state index in [1.807, 2.05) is 0 Å². The molecule has 20 heavy (non-hydrogen) atoms. The maximum Gasteiger partial charge on any atom is 0.110 e. The first-order chi connectivity index (χ1) is 9.72. The summed E-state index contributed by atoms with van der Waals surface area (Å²) in [7, 11) is 0. The Morgan fingerprint density at radius 1 is 1.25 bits per heavy atom. The van der Waals surface area contributed by atoms with Crippen molar-refractivity contribution in [2.24, 2.45) is 5.41 Å². The summed E-state index contributed by atoms with van der Waals surface area (Å²) in [5, 5.41) is 3.34. The van der Waals surface area contributed by atoms with Crippen molar-refractivity contribution >= 4 is 22.9 Å². The molecule has 0 aromatic carbocycles. The standard InChI is InChI=1S/C16H25ClN2S/c1-13(15-18-14(11-17)12-20-15)19-9-7-16(8-10-19)5-3-2-4-6-16/h12-13H,2-11H2,1H3. The Kier molecular flexibility index (Phi) is 4.68. The number of piperidine rings is 1. The Bertz CT molecular complexity index is 429. The second-order valence-electron chi connectivity index (χ2n) is 6.58. The molecule has 112 valence electrons. The van der Waals surface area contributed by atoms with Crippen LogP contribution in [-0.4, -0.2) is 23.0 Å². The number of nitrogens with zero attached hydrogens (tertiary/aromatic N) is 2. The van der Waals surface area contributed by atoms with Gasteiger partial charge in [-0.15, -0.1) is 22.9 Å². The average Bonchev–Trinajstić information content (AvgIpc) is 2.97. The second-order valence-corrected chi connectivity index (χ2v) is 7.74. The van der Waals surface area contributed by atoms with Gasteiger partial charge in [-0.05, 0) is 51.1 Å². The predicted molar refractivity (Wildman–Crippen MR) is 86.4 cm³/mol. The first kappa shape index (κ1) is 14.8. The maximum absolute atomic E-state index is 5.86. The molecule has 0 radical (unpaired) electrons. The van der Waals surface area contributed by atoms with Gasteiger partial charge in [-0.2, -0.15) is 0 Å². The van der Waals surface area contributed by atoms with E-state index in [1.165, 1.54) is 63.0 Å². The van der Waals surface area contributed by atoms with Crippen molar-refractivity contribution in [3.8, 4) is 0 Å². The van der Waals surface area contributed by atoms with Gasteiger partial charge in [0.05, 0.1) is 17.6 Å². The normalized spacial score (nSPS) is 24.9. The number of aromatic nitrogens is 1. The highest BCUT2D eigenvalue weighted by atomic mass is 35.5. The molecule has 0 N–H and O–H groups in total. The highest BCUT2D eigenvalue weighted by Gasteiger charge is 2.36. The molecule has 0 amide bonds. The van der Waals surface area contributed by atoms with Crippen LogP contribution in [-0.2, 0) is 5.88 Å². The lowest BCUT2D eigenvalue weighted by Gasteiger charge is -2.45. The molecule has 1 saturated heterocycles. The molecule has 0 bridgehead atoms. The molecule has 1 unspecified atom stereocenters. The SMILES string of the molecule is CC(c1nc(CCl)cs1)N1CCC2(CCCCC2)CC1. The van der Waals surface area contributed by atoms with Gasteiger partial charge in [-0.25, -0.2) is 4.98 Å². The van der Waals surface area contributed by atoms with Crippen molar-refractivity contribution in [2.45, 2.75) is 63.8 Å². The van der Waals surface area contributed by atoms with E-state index in [9.17, 15) is 0 Å². The van der Waals surface area contributed by atoms with Gasteiger partial charge in [0.25, 0.3) is 0 Å². The summed E-state index contributed by atoms with van der Waals surface area (Å²) in [6.07, 6.45) is 10.1. The van der Waals surface area contributed by atoms with Crippen molar-refractivity contribution in [2.75, 3.05) is 13.1 Å². The third-order valence-corrected chi connectivity index (χ3v) is 6.72. The molecular formula is C16H25ClN2S. The molecule has 3 rings (SSSR count). The molecule has 4 heteroatoms. The third-order valence-electron chi connectivity index (χ3n) is 5.38. The molecule has 1 aromatic heterocycles.